The smallest absolute Gasteiger partial charge is 0.259 e. The monoisotopic (exact) mass is 303 g/mol. The number of hydrogen-bond acceptors (Lipinski definition) is 4. The van der Waals surface area contributed by atoms with Gasteiger partial charge in [0.1, 0.15) is 11.5 Å². The van der Waals surface area contributed by atoms with Crippen molar-refractivity contribution in [2.75, 3.05) is 25.8 Å². The summed E-state index contributed by atoms with van der Waals surface area (Å²) in [6, 6.07) is 12.8. The highest BCUT2D eigenvalue weighted by molar-refractivity contribution is 7.98. The van der Waals surface area contributed by atoms with Crippen molar-refractivity contribution in [2.45, 2.75) is 4.90 Å². The van der Waals surface area contributed by atoms with Crippen LogP contribution in [0.3, 0.4) is 0 Å². The lowest BCUT2D eigenvalue weighted by Gasteiger charge is -2.12. The van der Waals surface area contributed by atoms with Crippen molar-refractivity contribution in [1.29, 1.82) is 0 Å². The number of thioether (sulfide) groups is 1. The molecule has 0 bridgehead atoms. The van der Waals surface area contributed by atoms with Crippen molar-refractivity contribution < 1.29 is 14.3 Å². The third-order valence-corrected chi connectivity index (χ3v) is 3.80. The average Bonchev–Trinajstić information content (AvgIpc) is 2.54. The van der Waals surface area contributed by atoms with Crippen LogP contribution in [-0.4, -0.2) is 26.4 Å². The van der Waals surface area contributed by atoms with Crippen LogP contribution < -0.4 is 14.8 Å². The fourth-order valence-corrected chi connectivity index (χ4v) is 2.48. The first kappa shape index (κ1) is 15.3. The molecule has 2 aromatic rings. The molecule has 0 aromatic heterocycles. The molecule has 0 heterocycles. The van der Waals surface area contributed by atoms with Crippen LogP contribution in [0.2, 0.25) is 0 Å². The molecule has 0 aliphatic heterocycles. The molecular weight excluding hydrogens is 286 g/mol. The number of hydrogen-bond donors (Lipinski definition) is 1. The molecule has 0 fully saturated rings. The van der Waals surface area contributed by atoms with Crippen LogP contribution in [0.4, 0.5) is 5.69 Å². The van der Waals surface area contributed by atoms with Crippen molar-refractivity contribution in [3.05, 3.63) is 48.0 Å². The first-order valence-corrected chi connectivity index (χ1v) is 7.58. The second kappa shape index (κ2) is 7.04. The average molecular weight is 303 g/mol. The van der Waals surface area contributed by atoms with E-state index >= 15 is 0 Å². The summed E-state index contributed by atoms with van der Waals surface area (Å²) in [5, 5.41) is 2.91. The van der Waals surface area contributed by atoms with Gasteiger partial charge in [0.25, 0.3) is 5.91 Å². The third-order valence-electron chi connectivity index (χ3n) is 3.01. The Kier molecular flexibility index (Phi) is 5.11. The summed E-state index contributed by atoms with van der Waals surface area (Å²) < 4.78 is 10.4. The Morgan fingerprint density at radius 2 is 1.86 bits per heavy atom. The Morgan fingerprint density at radius 1 is 1.10 bits per heavy atom. The van der Waals surface area contributed by atoms with Gasteiger partial charge in [-0.25, -0.2) is 0 Å². The van der Waals surface area contributed by atoms with Gasteiger partial charge in [-0.1, -0.05) is 12.1 Å². The molecule has 110 valence electrons. The van der Waals surface area contributed by atoms with E-state index in [1.54, 1.807) is 37.1 Å². The number of benzene rings is 2. The van der Waals surface area contributed by atoms with E-state index in [0.29, 0.717) is 17.1 Å². The standard InChI is InChI=1S/C16H17NO3S/c1-19-11-8-9-12(14(10-11)20-2)16(18)17-13-6-4-5-7-15(13)21-3/h4-10H,1-3H3,(H,17,18). The van der Waals surface area contributed by atoms with Crippen molar-refractivity contribution in [3.63, 3.8) is 0 Å². The van der Waals surface area contributed by atoms with Crippen molar-refractivity contribution in [3.8, 4) is 11.5 Å². The Labute approximate surface area is 128 Å². The predicted molar refractivity (Wildman–Crippen MR) is 85.7 cm³/mol. The molecule has 2 rings (SSSR count). The van der Waals surface area contributed by atoms with Gasteiger partial charge in [0.2, 0.25) is 0 Å². The molecular formula is C16H17NO3S. The van der Waals surface area contributed by atoms with Crippen LogP contribution in [0.25, 0.3) is 0 Å². The molecule has 1 N–H and O–H groups in total. The van der Waals surface area contributed by atoms with Gasteiger partial charge in [-0.05, 0) is 30.5 Å². The molecule has 0 aliphatic carbocycles. The lowest BCUT2D eigenvalue weighted by Crippen LogP contribution is -2.13. The number of rotatable bonds is 5. The van der Waals surface area contributed by atoms with Gasteiger partial charge in [-0.3, -0.25) is 4.79 Å². The summed E-state index contributed by atoms with van der Waals surface area (Å²) in [5.74, 6) is 0.914. The second-order valence-corrected chi connectivity index (χ2v) is 5.07. The van der Waals surface area contributed by atoms with Crippen LogP contribution in [0.15, 0.2) is 47.4 Å². The third kappa shape index (κ3) is 3.49. The number of amides is 1. The highest BCUT2D eigenvalue weighted by atomic mass is 32.2. The van der Waals surface area contributed by atoms with E-state index < -0.39 is 0 Å². The minimum absolute atomic E-state index is 0.212. The van der Waals surface area contributed by atoms with E-state index in [0.717, 1.165) is 10.6 Å². The van der Waals surface area contributed by atoms with E-state index in [-0.39, 0.29) is 5.91 Å². The lowest BCUT2D eigenvalue weighted by molar-refractivity contribution is 0.102. The molecule has 0 saturated heterocycles. The SMILES string of the molecule is COc1ccc(C(=O)Nc2ccccc2SC)c(OC)c1. The van der Waals surface area contributed by atoms with Crippen LogP contribution >= 0.6 is 11.8 Å². The van der Waals surface area contributed by atoms with E-state index in [1.807, 2.05) is 30.5 Å². The summed E-state index contributed by atoms with van der Waals surface area (Å²) in [6.07, 6.45) is 1.97. The summed E-state index contributed by atoms with van der Waals surface area (Å²) in [7, 11) is 3.10. The number of carbonyl (C=O) groups is 1. The largest absolute Gasteiger partial charge is 0.497 e. The number of carbonyl (C=O) groups excluding carboxylic acids is 1. The van der Waals surface area contributed by atoms with E-state index in [2.05, 4.69) is 5.32 Å². The number of anilines is 1. The van der Waals surface area contributed by atoms with E-state index in [9.17, 15) is 4.79 Å². The topological polar surface area (TPSA) is 47.6 Å². The van der Waals surface area contributed by atoms with Crippen molar-refractivity contribution in [1.82, 2.24) is 0 Å². The first-order chi connectivity index (χ1) is 10.2. The summed E-state index contributed by atoms with van der Waals surface area (Å²) >= 11 is 1.58. The minimum Gasteiger partial charge on any atom is -0.497 e. The maximum Gasteiger partial charge on any atom is 0.259 e. The number of methoxy groups -OCH3 is 2. The second-order valence-electron chi connectivity index (χ2n) is 4.22. The molecule has 0 saturated carbocycles. The zero-order chi connectivity index (χ0) is 15.2. The Balaban J connectivity index is 2.28. The van der Waals surface area contributed by atoms with E-state index in [4.69, 9.17) is 9.47 Å². The van der Waals surface area contributed by atoms with Crippen LogP contribution in [-0.2, 0) is 0 Å². The van der Waals surface area contributed by atoms with Gasteiger partial charge in [-0.15, -0.1) is 11.8 Å². The highest BCUT2D eigenvalue weighted by Crippen LogP contribution is 2.28. The molecule has 5 heteroatoms. The van der Waals surface area contributed by atoms with Gasteiger partial charge in [0, 0.05) is 11.0 Å². The van der Waals surface area contributed by atoms with Crippen LogP contribution in [0.1, 0.15) is 10.4 Å². The molecule has 0 aliphatic rings. The lowest BCUT2D eigenvalue weighted by atomic mass is 10.1. The highest BCUT2D eigenvalue weighted by Gasteiger charge is 2.14. The van der Waals surface area contributed by atoms with Crippen LogP contribution in [0.5, 0.6) is 11.5 Å². The van der Waals surface area contributed by atoms with Gasteiger partial charge < -0.3 is 14.8 Å². The van der Waals surface area contributed by atoms with Crippen molar-refractivity contribution in [2.24, 2.45) is 0 Å². The van der Waals surface area contributed by atoms with Crippen molar-refractivity contribution >= 4 is 23.4 Å². The summed E-state index contributed by atoms with van der Waals surface area (Å²) in [5.41, 5.74) is 1.25. The minimum atomic E-state index is -0.212. The molecule has 2 aromatic carbocycles. The van der Waals surface area contributed by atoms with Gasteiger partial charge in [0.15, 0.2) is 0 Å². The molecule has 0 radical (unpaired) electrons. The van der Waals surface area contributed by atoms with E-state index in [1.165, 1.54) is 7.11 Å². The fourth-order valence-electron chi connectivity index (χ4n) is 1.92. The molecule has 21 heavy (non-hydrogen) atoms. The summed E-state index contributed by atoms with van der Waals surface area (Å²) in [4.78, 5) is 13.4. The maximum absolute atomic E-state index is 12.4. The zero-order valence-electron chi connectivity index (χ0n) is 12.2. The first-order valence-electron chi connectivity index (χ1n) is 6.36. The van der Waals surface area contributed by atoms with Crippen LogP contribution in [0, 0.1) is 0 Å². The number of nitrogens with one attached hydrogen (secondary N) is 1. The quantitative estimate of drug-likeness (QED) is 0.856. The Bertz CT molecular complexity index is 643. The molecule has 1 amide bonds. The van der Waals surface area contributed by atoms with Gasteiger partial charge in [0.05, 0.1) is 25.5 Å². The maximum atomic E-state index is 12.4. The fraction of sp³-hybridized carbons (Fsp3) is 0.188. The zero-order valence-corrected chi connectivity index (χ0v) is 13.0. The number of ether oxygens (including phenoxy) is 2. The predicted octanol–water partition coefficient (Wildman–Crippen LogP) is 3.68. The van der Waals surface area contributed by atoms with Gasteiger partial charge >= 0.3 is 0 Å². The number of para-hydroxylation sites is 1. The summed E-state index contributed by atoms with van der Waals surface area (Å²) in [6.45, 7) is 0. The molecule has 0 spiro atoms. The molecule has 0 unspecified atom stereocenters. The molecule has 4 nitrogen and oxygen atoms in total. The Morgan fingerprint density at radius 3 is 2.52 bits per heavy atom. The molecule has 0 atom stereocenters. The normalized spacial score (nSPS) is 10.0. The van der Waals surface area contributed by atoms with Gasteiger partial charge in [-0.2, -0.15) is 0 Å². The Hall–Kier alpha value is -2.14.